The van der Waals surface area contributed by atoms with E-state index in [-0.39, 0.29) is 11.9 Å². The molecular weight excluding hydrogens is 497 g/mol. The first kappa shape index (κ1) is 27.3. The summed E-state index contributed by atoms with van der Waals surface area (Å²) >= 11 is 0. The van der Waals surface area contributed by atoms with Gasteiger partial charge in [0.25, 0.3) is 0 Å². The van der Waals surface area contributed by atoms with Crippen molar-refractivity contribution in [1.29, 1.82) is 0 Å². The Balaban J connectivity index is 1.63. The summed E-state index contributed by atoms with van der Waals surface area (Å²) in [5.41, 5.74) is 1.61. The number of anilines is 1. The molecule has 10 heteroatoms. The van der Waals surface area contributed by atoms with E-state index in [0.717, 1.165) is 23.3 Å². The van der Waals surface area contributed by atoms with Gasteiger partial charge in [0.05, 0.1) is 24.6 Å². The van der Waals surface area contributed by atoms with Crippen LogP contribution in [0.1, 0.15) is 69.7 Å². The monoisotopic (exact) mass is 528 g/mol. The number of carbonyl (C=O) groups excluding carboxylic acids is 1. The average molecular weight is 529 g/mol. The highest BCUT2D eigenvalue weighted by molar-refractivity contribution is 5.93. The van der Waals surface area contributed by atoms with Crippen molar-refractivity contribution in [3.8, 4) is 5.75 Å². The number of esters is 1. The van der Waals surface area contributed by atoms with Crippen molar-refractivity contribution in [3.05, 3.63) is 59.2 Å². The number of ether oxygens (including phenoxy) is 2. The van der Waals surface area contributed by atoms with E-state index in [4.69, 9.17) is 9.47 Å². The number of halogens is 3. The summed E-state index contributed by atoms with van der Waals surface area (Å²) in [6.45, 7) is 7.32. The molecule has 7 nitrogen and oxygen atoms in total. The lowest BCUT2D eigenvalue weighted by Gasteiger charge is -2.26. The van der Waals surface area contributed by atoms with Crippen molar-refractivity contribution in [2.45, 2.75) is 64.8 Å². The Morgan fingerprint density at radius 2 is 1.89 bits per heavy atom. The molecule has 1 aromatic heterocycles. The number of fused-ring (bicyclic) bond motifs is 1. The number of benzene rings is 2. The topological polar surface area (TPSA) is 86.2 Å². The van der Waals surface area contributed by atoms with Crippen molar-refractivity contribution >= 4 is 28.3 Å². The van der Waals surface area contributed by atoms with Gasteiger partial charge in [-0.2, -0.15) is 13.2 Å². The molecule has 1 unspecified atom stereocenters. The van der Waals surface area contributed by atoms with Gasteiger partial charge in [0, 0.05) is 17.0 Å². The molecule has 0 amide bonds. The summed E-state index contributed by atoms with van der Waals surface area (Å²) in [7, 11) is 1.57. The third-order valence-corrected chi connectivity index (χ3v) is 6.43. The van der Waals surface area contributed by atoms with Gasteiger partial charge in [-0.1, -0.05) is 18.2 Å². The smallest absolute Gasteiger partial charge is 0.416 e. The van der Waals surface area contributed by atoms with Gasteiger partial charge in [-0.05, 0) is 81.5 Å². The van der Waals surface area contributed by atoms with Gasteiger partial charge in [0.15, 0.2) is 5.82 Å². The van der Waals surface area contributed by atoms with Gasteiger partial charge < -0.3 is 14.8 Å². The van der Waals surface area contributed by atoms with Crippen LogP contribution < -0.4 is 10.1 Å². The van der Waals surface area contributed by atoms with Crippen LogP contribution in [0.5, 0.6) is 5.75 Å². The van der Waals surface area contributed by atoms with Crippen molar-refractivity contribution in [1.82, 2.24) is 15.4 Å². The number of alkyl halides is 3. The number of methoxy groups -OCH3 is 1. The van der Waals surface area contributed by atoms with E-state index < -0.39 is 23.4 Å². The van der Waals surface area contributed by atoms with E-state index >= 15 is 0 Å². The van der Waals surface area contributed by atoms with Crippen LogP contribution in [-0.4, -0.2) is 34.1 Å². The molecule has 1 heterocycles. The zero-order chi connectivity index (χ0) is 27.7. The maximum absolute atomic E-state index is 13.2. The Kier molecular flexibility index (Phi) is 7.62. The minimum Gasteiger partial charge on any atom is -0.496 e. The van der Waals surface area contributed by atoms with Crippen molar-refractivity contribution in [2.75, 3.05) is 12.4 Å². The second kappa shape index (κ2) is 10.6. The highest BCUT2D eigenvalue weighted by Gasteiger charge is 2.31. The Morgan fingerprint density at radius 1 is 1.13 bits per heavy atom. The number of hydrogen-bond donors (Lipinski definition) is 1. The molecule has 38 heavy (non-hydrogen) atoms. The minimum absolute atomic E-state index is 0.201. The third-order valence-electron chi connectivity index (χ3n) is 6.43. The predicted molar refractivity (Wildman–Crippen MR) is 139 cm³/mol. The van der Waals surface area contributed by atoms with Crippen LogP contribution in [0.2, 0.25) is 0 Å². The van der Waals surface area contributed by atoms with Gasteiger partial charge in [-0.25, -0.2) is 0 Å². The summed E-state index contributed by atoms with van der Waals surface area (Å²) in [6.07, 6.45) is -0.549. The van der Waals surface area contributed by atoms with Gasteiger partial charge in [0.2, 0.25) is 0 Å². The zero-order valence-electron chi connectivity index (χ0n) is 22.0. The number of hydrogen-bond acceptors (Lipinski definition) is 7. The summed E-state index contributed by atoms with van der Waals surface area (Å²) in [4.78, 5) is 12.5. The average Bonchev–Trinajstić information content (AvgIpc) is 2.86. The molecule has 1 aliphatic carbocycles. The molecule has 0 saturated heterocycles. The number of aromatic nitrogens is 3. The summed E-state index contributed by atoms with van der Waals surface area (Å²) in [5, 5.41) is 15.9. The van der Waals surface area contributed by atoms with Crippen molar-refractivity contribution in [2.24, 2.45) is 5.92 Å². The number of nitrogens with zero attached hydrogens (tertiary/aromatic N) is 3. The van der Waals surface area contributed by atoms with Crippen LogP contribution in [0.25, 0.3) is 16.5 Å². The summed E-state index contributed by atoms with van der Waals surface area (Å²) in [5.74, 6) is 0.596. The summed E-state index contributed by atoms with van der Waals surface area (Å²) < 4.78 is 50.8. The second-order valence-corrected chi connectivity index (χ2v) is 10.4. The molecule has 1 N–H and O–H groups in total. The Labute approximate surface area is 219 Å². The molecule has 4 rings (SSSR count). The first-order chi connectivity index (χ1) is 17.9. The molecule has 3 aromatic rings. The molecule has 1 aliphatic rings. The van der Waals surface area contributed by atoms with E-state index in [2.05, 4.69) is 20.7 Å². The zero-order valence-corrected chi connectivity index (χ0v) is 22.0. The molecular formula is C28H31F3N4O3. The fourth-order valence-corrected chi connectivity index (χ4v) is 4.49. The van der Waals surface area contributed by atoms with Crippen LogP contribution in [0.4, 0.5) is 19.0 Å². The molecule has 0 bridgehead atoms. The van der Waals surface area contributed by atoms with Crippen LogP contribution in [0.15, 0.2) is 42.5 Å². The number of allylic oxidation sites excluding steroid dienone is 2. The lowest BCUT2D eigenvalue weighted by atomic mass is 9.86. The van der Waals surface area contributed by atoms with Crippen LogP contribution >= 0.6 is 0 Å². The molecule has 0 spiro atoms. The van der Waals surface area contributed by atoms with E-state index in [1.165, 1.54) is 6.07 Å². The normalized spacial score (nSPS) is 17.1. The molecule has 202 valence electrons. The Bertz CT molecular complexity index is 1370. The van der Waals surface area contributed by atoms with Crippen molar-refractivity contribution in [3.63, 3.8) is 0 Å². The van der Waals surface area contributed by atoms with E-state index in [0.29, 0.717) is 47.3 Å². The number of rotatable bonds is 6. The SMILES string of the molecule is COc1cc2nnnc(N[C@H](C)c3cccc(C(F)(F)F)c3)c2cc1C1=CCC(C(=O)OC(C)(C)C)CC1. The molecule has 2 atom stereocenters. The van der Waals surface area contributed by atoms with E-state index in [1.807, 2.05) is 32.9 Å². The third kappa shape index (κ3) is 6.23. The van der Waals surface area contributed by atoms with E-state index in [1.54, 1.807) is 26.2 Å². The van der Waals surface area contributed by atoms with Crippen LogP contribution in [-0.2, 0) is 15.7 Å². The molecule has 2 aromatic carbocycles. The predicted octanol–water partition coefficient (Wildman–Crippen LogP) is 6.75. The largest absolute Gasteiger partial charge is 0.496 e. The number of carbonyl (C=O) groups is 1. The standard InChI is InChI=1S/C28H31F3N4O3/c1-16(19-7-6-8-20(13-19)28(29,30)31)32-25-22-14-21(24(37-5)15-23(22)33-35-34-25)17-9-11-18(12-10-17)26(36)38-27(2,3)4/h6-9,13-16,18H,10-12H2,1-5H3,(H,32,33,34)/t16-,18?/m1/s1. The van der Waals surface area contributed by atoms with Gasteiger partial charge >= 0.3 is 12.1 Å². The molecule has 0 fully saturated rings. The van der Waals surface area contributed by atoms with Gasteiger partial charge in [-0.3, -0.25) is 4.79 Å². The molecule has 0 radical (unpaired) electrons. The summed E-state index contributed by atoms with van der Waals surface area (Å²) in [6, 6.07) is 8.36. The highest BCUT2D eigenvalue weighted by atomic mass is 19.4. The quantitative estimate of drug-likeness (QED) is 0.354. The minimum atomic E-state index is -4.43. The highest BCUT2D eigenvalue weighted by Crippen LogP contribution is 2.39. The lowest BCUT2D eigenvalue weighted by molar-refractivity contribution is -0.160. The van der Waals surface area contributed by atoms with Crippen LogP contribution in [0, 0.1) is 5.92 Å². The second-order valence-electron chi connectivity index (χ2n) is 10.4. The maximum Gasteiger partial charge on any atom is 0.416 e. The maximum atomic E-state index is 13.2. The fourth-order valence-electron chi connectivity index (χ4n) is 4.49. The van der Waals surface area contributed by atoms with Crippen LogP contribution in [0.3, 0.4) is 0 Å². The van der Waals surface area contributed by atoms with E-state index in [9.17, 15) is 18.0 Å². The Hall–Kier alpha value is -3.69. The first-order valence-corrected chi connectivity index (χ1v) is 12.4. The Morgan fingerprint density at radius 3 is 2.53 bits per heavy atom. The van der Waals surface area contributed by atoms with Crippen molar-refractivity contribution < 1.29 is 27.4 Å². The van der Waals surface area contributed by atoms with Gasteiger partial charge in [0.1, 0.15) is 16.9 Å². The fraction of sp³-hybridized carbons (Fsp3) is 0.429. The number of nitrogens with one attached hydrogen (secondary N) is 1. The first-order valence-electron chi connectivity index (χ1n) is 12.4. The molecule has 0 aliphatic heterocycles. The van der Waals surface area contributed by atoms with Gasteiger partial charge in [-0.15, -0.1) is 10.2 Å². The lowest BCUT2D eigenvalue weighted by Crippen LogP contribution is -2.29. The molecule has 0 saturated carbocycles.